The lowest BCUT2D eigenvalue weighted by atomic mass is 10.2. The van der Waals surface area contributed by atoms with Gasteiger partial charge in [-0.15, -0.1) is 0 Å². The van der Waals surface area contributed by atoms with Crippen molar-refractivity contribution < 1.29 is 9.90 Å². The largest absolute Gasteiger partial charge is 0.394 e. The van der Waals surface area contributed by atoms with Gasteiger partial charge in [0.1, 0.15) is 18.3 Å². The number of carbonyl (C=O) groups excluding carboxylic acids is 1. The van der Waals surface area contributed by atoms with Crippen LogP contribution in [0.25, 0.3) is 11.0 Å². The van der Waals surface area contributed by atoms with Crippen molar-refractivity contribution in [2.45, 2.75) is 20.0 Å². The molecular weight excluding hydrogens is 310 g/mol. The molecule has 3 rings (SSSR count). The summed E-state index contributed by atoms with van der Waals surface area (Å²) >= 11 is 0. The van der Waals surface area contributed by atoms with Crippen molar-refractivity contribution in [1.29, 1.82) is 0 Å². The van der Waals surface area contributed by atoms with Crippen LogP contribution < -0.4 is 10.9 Å². The predicted molar refractivity (Wildman–Crippen MR) is 88.7 cm³/mol. The Bertz CT molecular complexity index is 944. The zero-order valence-electron chi connectivity index (χ0n) is 13.1. The van der Waals surface area contributed by atoms with Crippen LogP contribution in [0.5, 0.6) is 0 Å². The first-order valence-corrected chi connectivity index (χ1v) is 7.47. The lowest BCUT2D eigenvalue weighted by Gasteiger charge is -2.08. The third-order valence-corrected chi connectivity index (χ3v) is 3.55. The molecule has 0 saturated heterocycles. The normalized spacial score (nSPS) is 10.9. The number of amides is 1. The summed E-state index contributed by atoms with van der Waals surface area (Å²) in [5.74, 6) is -0.313. The van der Waals surface area contributed by atoms with E-state index >= 15 is 0 Å². The Kier molecular flexibility index (Phi) is 4.39. The maximum atomic E-state index is 12.4. The Morgan fingerprint density at radius 1 is 1.38 bits per heavy atom. The van der Waals surface area contributed by atoms with Gasteiger partial charge in [0.15, 0.2) is 5.65 Å². The van der Waals surface area contributed by atoms with Crippen LogP contribution in [-0.4, -0.2) is 37.0 Å². The first kappa shape index (κ1) is 15.9. The Hall–Kier alpha value is -3.00. The summed E-state index contributed by atoms with van der Waals surface area (Å²) in [7, 11) is 0. The number of aryl methyl sites for hydroxylation is 1. The predicted octanol–water partition coefficient (Wildman–Crippen LogP) is 0.532. The van der Waals surface area contributed by atoms with E-state index in [2.05, 4.69) is 15.4 Å². The van der Waals surface area contributed by atoms with Gasteiger partial charge in [-0.25, -0.2) is 9.67 Å². The van der Waals surface area contributed by atoms with Gasteiger partial charge < -0.3 is 10.4 Å². The van der Waals surface area contributed by atoms with Gasteiger partial charge in [-0.2, -0.15) is 5.10 Å². The molecule has 3 aromatic rings. The Balaban J connectivity index is 1.81. The van der Waals surface area contributed by atoms with Gasteiger partial charge >= 0.3 is 0 Å². The van der Waals surface area contributed by atoms with E-state index in [9.17, 15) is 9.59 Å². The summed E-state index contributed by atoms with van der Waals surface area (Å²) in [5.41, 5.74) is 1.76. The molecule has 0 aliphatic heterocycles. The SMILES string of the molecule is Cc1cccc(NC(=O)Cn2cnc3c(cnn3CCO)c2=O)c1. The molecule has 1 aromatic carbocycles. The lowest BCUT2D eigenvalue weighted by Crippen LogP contribution is -2.28. The first-order chi connectivity index (χ1) is 11.6. The Morgan fingerprint density at radius 2 is 2.21 bits per heavy atom. The van der Waals surface area contributed by atoms with Crippen LogP contribution in [0.2, 0.25) is 0 Å². The fourth-order valence-corrected chi connectivity index (χ4v) is 2.45. The molecule has 0 aliphatic carbocycles. The molecule has 0 aliphatic rings. The number of anilines is 1. The smallest absolute Gasteiger partial charge is 0.264 e. The minimum atomic E-state index is -0.344. The van der Waals surface area contributed by atoms with Crippen molar-refractivity contribution in [1.82, 2.24) is 19.3 Å². The van der Waals surface area contributed by atoms with Crippen LogP contribution in [0.1, 0.15) is 5.56 Å². The van der Waals surface area contributed by atoms with E-state index in [1.54, 1.807) is 6.07 Å². The van der Waals surface area contributed by atoms with E-state index in [4.69, 9.17) is 5.11 Å². The number of nitrogens with one attached hydrogen (secondary N) is 1. The van der Waals surface area contributed by atoms with E-state index in [1.165, 1.54) is 21.8 Å². The molecule has 0 radical (unpaired) electrons. The average Bonchev–Trinajstić information content (AvgIpc) is 2.94. The van der Waals surface area contributed by atoms with Crippen LogP contribution in [0.4, 0.5) is 5.69 Å². The number of hydrogen-bond acceptors (Lipinski definition) is 5. The number of hydrogen-bond donors (Lipinski definition) is 2. The molecule has 0 bridgehead atoms. The number of aliphatic hydroxyl groups excluding tert-OH is 1. The van der Waals surface area contributed by atoms with Gasteiger partial charge in [-0.05, 0) is 24.6 Å². The van der Waals surface area contributed by atoms with Crippen molar-refractivity contribution in [2.75, 3.05) is 11.9 Å². The molecule has 124 valence electrons. The monoisotopic (exact) mass is 327 g/mol. The number of aromatic nitrogens is 4. The fraction of sp³-hybridized carbons (Fsp3) is 0.250. The van der Waals surface area contributed by atoms with E-state index in [0.29, 0.717) is 16.7 Å². The second-order valence-electron chi connectivity index (χ2n) is 5.42. The number of rotatable bonds is 5. The van der Waals surface area contributed by atoms with E-state index in [-0.39, 0.29) is 31.2 Å². The highest BCUT2D eigenvalue weighted by Gasteiger charge is 2.12. The van der Waals surface area contributed by atoms with Gasteiger partial charge in [-0.1, -0.05) is 12.1 Å². The van der Waals surface area contributed by atoms with Gasteiger partial charge in [0.2, 0.25) is 5.91 Å². The maximum Gasteiger partial charge on any atom is 0.264 e. The number of aliphatic hydroxyl groups is 1. The molecule has 0 fully saturated rings. The molecule has 0 saturated carbocycles. The minimum absolute atomic E-state index is 0.0968. The number of carbonyl (C=O) groups is 1. The third-order valence-electron chi connectivity index (χ3n) is 3.55. The molecule has 0 spiro atoms. The number of fused-ring (bicyclic) bond motifs is 1. The van der Waals surface area contributed by atoms with E-state index in [1.807, 2.05) is 25.1 Å². The summed E-state index contributed by atoms with van der Waals surface area (Å²) in [4.78, 5) is 28.7. The molecule has 2 heterocycles. The van der Waals surface area contributed by atoms with Crippen LogP contribution in [0, 0.1) is 6.92 Å². The van der Waals surface area contributed by atoms with Crippen LogP contribution in [0.3, 0.4) is 0 Å². The molecular formula is C16H17N5O3. The highest BCUT2D eigenvalue weighted by molar-refractivity contribution is 5.90. The zero-order valence-corrected chi connectivity index (χ0v) is 13.1. The van der Waals surface area contributed by atoms with Crippen molar-refractivity contribution in [3.8, 4) is 0 Å². The van der Waals surface area contributed by atoms with Crippen molar-refractivity contribution in [3.63, 3.8) is 0 Å². The molecule has 8 nitrogen and oxygen atoms in total. The lowest BCUT2D eigenvalue weighted by molar-refractivity contribution is -0.116. The van der Waals surface area contributed by atoms with Gasteiger partial charge in [0.25, 0.3) is 5.56 Å². The van der Waals surface area contributed by atoms with Crippen LogP contribution in [0.15, 0.2) is 41.6 Å². The summed E-state index contributed by atoms with van der Waals surface area (Å²) < 4.78 is 2.69. The Morgan fingerprint density at radius 3 is 2.96 bits per heavy atom. The quantitative estimate of drug-likeness (QED) is 0.712. The summed E-state index contributed by atoms with van der Waals surface area (Å²) in [5, 5.41) is 16.1. The van der Waals surface area contributed by atoms with Gasteiger partial charge in [0, 0.05) is 5.69 Å². The van der Waals surface area contributed by atoms with Crippen molar-refractivity contribution in [3.05, 3.63) is 52.7 Å². The average molecular weight is 327 g/mol. The minimum Gasteiger partial charge on any atom is -0.394 e. The van der Waals surface area contributed by atoms with Gasteiger partial charge in [0.05, 0.1) is 19.3 Å². The topological polar surface area (TPSA) is 102 Å². The second-order valence-corrected chi connectivity index (χ2v) is 5.42. The molecule has 1 amide bonds. The highest BCUT2D eigenvalue weighted by Crippen LogP contribution is 2.10. The van der Waals surface area contributed by atoms with E-state index < -0.39 is 0 Å². The van der Waals surface area contributed by atoms with Crippen LogP contribution in [-0.2, 0) is 17.9 Å². The maximum absolute atomic E-state index is 12.4. The van der Waals surface area contributed by atoms with E-state index in [0.717, 1.165) is 5.56 Å². The van der Waals surface area contributed by atoms with Crippen molar-refractivity contribution >= 4 is 22.6 Å². The molecule has 24 heavy (non-hydrogen) atoms. The number of nitrogens with zero attached hydrogens (tertiary/aromatic N) is 4. The molecule has 2 aromatic heterocycles. The third kappa shape index (κ3) is 3.18. The second kappa shape index (κ2) is 6.63. The summed E-state index contributed by atoms with van der Waals surface area (Å²) in [6.07, 6.45) is 2.71. The Labute approximate surface area is 137 Å². The molecule has 0 atom stereocenters. The molecule has 8 heteroatoms. The first-order valence-electron chi connectivity index (χ1n) is 7.47. The summed E-state index contributed by atoms with van der Waals surface area (Å²) in [6.45, 7) is 1.96. The zero-order chi connectivity index (χ0) is 17.1. The summed E-state index contributed by atoms with van der Waals surface area (Å²) in [6, 6.07) is 7.41. The standard InChI is InChI=1S/C16H17N5O3/c1-11-3-2-4-12(7-11)19-14(23)9-20-10-17-15-13(16(20)24)8-18-21(15)5-6-22/h2-4,7-8,10,22H,5-6,9H2,1H3,(H,19,23). The van der Waals surface area contributed by atoms with Gasteiger partial charge in [-0.3, -0.25) is 14.2 Å². The molecule has 0 unspecified atom stereocenters. The fourth-order valence-electron chi connectivity index (χ4n) is 2.45. The van der Waals surface area contributed by atoms with Crippen LogP contribution >= 0.6 is 0 Å². The molecule has 2 N–H and O–H groups in total. The number of benzene rings is 1. The highest BCUT2D eigenvalue weighted by atomic mass is 16.3. The van der Waals surface area contributed by atoms with Crippen molar-refractivity contribution in [2.24, 2.45) is 0 Å².